The molecular formula is C20H22ClFN6O. The molecule has 1 N–H and O–H groups in total. The maximum atomic E-state index is 13.4. The Kier molecular flexibility index (Phi) is 5.73. The third kappa shape index (κ3) is 4.54. The zero-order valence-electron chi connectivity index (χ0n) is 16.3. The molecule has 0 saturated heterocycles. The van der Waals surface area contributed by atoms with Gasteiger partial charge in [-0.25, -0.2) is 19.3 Å². The van der Waals surface area contributed by atoms with Gasteiger partial charge >= 0.3 is 6.01 Å². The van der Waals surface area contributed by atoms with Gasteiger partial charge in [-0.05, 0) is 58.0 Å². The van der Waals surface area contributed by atoms with Gasteiger partial charge in [0.1, 0.15) is 29.3 Å². The lowest BCUT2D eigenvalue weighted by Crippen LogP contribution is -2.35. The van der Waals surface area contributed by atoms with Crippen LogP contribution in [0.1, 0.15) is 25.7 Å². The molecule has 0 bridgehead atoms. The normalized spacial score (nSPS) is 19.5. The molecule has 1 aliphatic rings. The summed E-state index contributed by atoms with van der Waals surface area (Å²) in [6.45, 7) is 0. The zero-order chi connectivity index (χ0) is 20.4. The van der Waals surface area contributed by atoms with E-state index in [1.165, 1.54) is 18.5 Å². The van der Waals surface area contributed by atoms with Crippen molar-refractivity contribution in [2.75, 3.05) is 19.4 Å². The number of fused-ring (bicyclic) bond motifs is 1. The Bertz CT molecular complexity index is 1010. The van der Waals surface area contributed by atoms with Crippen LogP contribution in [0.25, 0.3) is 11.0 Å². The van der Waals surface area contributed by atoms with Gasteiger partial charge in [0.25, 0.3) is 0 Å². The van der Waals surface area contributed by atoms with Gasteiger partial charge in [-0.3, -0.25) is 0 Å². The van der Waals surface area contributed by atoms with Crippen molar-refractivity contribution in [3.63, 3.8) is 0 Å². The van der Waals surface area contributed by atoms with Gasteiger partial charge in [0.05, 0.1) is 11.2 Å². The van der Waals surface area contributed by atoms with Gasteiger partial charge in [-0.15, -0.1) is 0 Å². The molecule has 0 spiro atoms. The van der Waals surface area contributed by atoms with Crippen molar-refractivity contribution in [3.05, 3.63) is 41.6 Å². The number of nitrogens with one attached hydrogen (secondary N) is 1. The molecule has 1 aromatic carbocycles. The monoisotopic (exact) mass is 416 g/mol. The number of benzene rings is 1. The number of ether oxygens (including phenoxy) is 1. The fraction of sp³-hybridized carbons (Fsp3) is 0.400. The van der Waals surface area contributed by atoms with E-state index in [1.807, 2.05) is 0 Å². The van der Waals surface area contributed by atoms with E-state index in [0.717, 1.165) is 25.7 Å². The lowest BCUT2D eigenvalue weighted by molar-refractivity contribution is 0.103. The van der Waals surface area contributed by atoms with Crippen molar-refractivity contribution < 1.29 is 9.13 Å². The van der Waals surface area contributed by atoms with Gasteiger partial charge in [0.2, 0.25) is 0 Å². The van der Waals surface area contributed by atoms with Crippen LogP contribution in [0.4, 0.5) is 15.9 Å². The number of nitrogens with zero attached hydrogens (tertiary/aromatic N) is 5. The molecule has 0 aliphatic heterocycles. The average Bonchev–Trinajstić information content (AvgIpc) is 2.71. The van der Waals surface area contributed by atoms with Crippen LogP contribution in [0.3, 0.4) is 0 Å². The molecule has 152 valence electrons. The third-order valence-corrected chi connectivity index (χ3v) is 5.47. The quantitative estimate of drug-likeness (QED) is 0.667. The number of halogens is 2. The average molecular weight is 417 g/mol. The number of hydrogen-bond acceptors (Lipinski definition) is 7. The minimum absolute atomic E-state index is 0.0281. The Balaban J connectivity index is 1.53. The van der Waals surface area contributed by atoms with E-state index in [-0.39, 0.29) is 11.1 Å². The van der Waals surface area contributed by atoms with Crippen molar-refractivity contribution in [2.45, 2.75) is 37.8 Å². The second kappa shape index (κ2) is 8.42. The van der Waals surface area contributed by atoms with Crippen LogP contribution < -0.4 is 10.1 Å². The molecule has 1 fully saturated rings. The van der Waals surface area contributed by atoms with E-state index in [1.54, 1.807) is 12.3 Å². The Morgan fingerprint density at radius 3 is 2.66 bits per heavy atom. The van der Waals surface area contributed by atoms with Crippen LogP contribution >= 0.6 is 11.6 Å². The summed E-state index contributed by atoms with van der Waals surface area (Å²) >= 11 is 5.87. The smallest absolute Gasteiger partial charge is 0.317 e. The summed E-state index contributed by atoms with van der Waals surface area (Å²) < 4.78 is 19.4. The first kappa shape index (κ1) is 19.7. The summed E-state index contributed by atoms with van der Waals surface area (Å²) in [6.07, 6.45) is 7.25. The van der Waals surface area contributed by atoms with Gasteiger partial charge < -0.3 is 15.0 Å². The summed E-state index contributed by atoms with van der Waals surface area (Å²) in [6, 6.07) is 5.27. The predicted octanol–water partition coefficient (Wildman–Crippen LogP) is 4.21. The number of hydrogen-bond donors (Lipinski definition) is 1. The van der Waals surface area contributed by atoms with E-state index in [9.17, 15) is 4.39 Å². The molecule has 2 heterocycles. The standard InChI is InChI=1S/C20H22ClFN6O/c1-28(2)13-4-6-14(7-5-13)29-20-23-10-17-18(27-20)19(25-11-24-17)26-12-3-8-16(22)15(21)9-12/h3,8-11,13-14H,4-7H2,1-2H3,(H,24,25,26)/t13-,14-. The first-order valence-corrected chi connectivity index (χ1v) is 9.90. The predicted molar refractivity (Wildman–Crippen MR) is 110 cm³/mol. The topological polar surface area (TPSA) is 76.1 Å². The lowest BCUT2D eigenvalue weighted by Gasteiger charge is -2.32. The highest BCUT2D eigenvalue weighted by Crippen LogP contribution is 2.27. The number of aromatic nitrogens is 4. The molecule has 0 radical (unpaired) electrons. The van der Waals surface area contributed by atoms with Crippen LogP contribution in [-0.4, -0.2) is 51.1 Å². The summed E-state index contributed by atoms with van der Waals surface area (Å²) in [5, 5.41) is 3.14. The minimum atomic E-state index is -0.480. The van der Waals surface area contributed by atoms with Gasteiger partial charge in [-0.2, -0.15) is 4.98 Å². The second-order valence-electron chi connectivity index (χ2n) is 7.37. The molecule has 9 heteroatoms. The maximum absolute atomic E-state index is 13.4. The van der Waals surface area contributed by atoms with Crippen LogP contribution in [0.15, 0.2) is 30.7 Å². The molecule has 3 aromatic rings. The van der Waals surface area contributed by atoms with E-state index in [4.69, 9.17) is 16.3 Å². The lowest BCUT2D eigenvalue weighted by atomic mass is 9.92. The van der Waals surface area contributed by atoms with Crippen molar-refractivity contribution in [2.24, 2.45) is 0 Å². The Morgan fingerprint density at radius 2 is 1.93 bits per heavy atom. The summed E-state index contributed by atoms with van der Waals surface area (Å²) in [5.41, 5.74) is 1.71. The van der Waals surface area contributed by atoms with Crippen molar-refractivity contribution in [3.8, 4) is 6.01 Å². The third-order valence-electron chi connectivity index (χ3n) is 5.18. The first-order chi connectivity index (χ1) is 14.0. The summed E-state index contributed by atoms with van der Waals surface area (Å²) in [7, 11) is 4.22. The Morgan fingerprint density at radius 1 is 1.14 bits per heavy atom. The molecule has 2 aromatic heterocycles. The van der Waals surface area contributed by atoms with Crippen LogP contribution in [0.5, 0.6) is 6.01 Å². The molecule has 29 heavy (non-hydrogen) atoms. The van der Waals surface area contributed by atoms with E-state index in [0.29, 0.717) is 34.6 Å². The highest BCUT2D eigenvalue weighted by Gasteiger charge is 2.24. The van der Waals surface area contributed by atoms with Crippen LogP contribution in [0.2, 0.25) is 5.02 Å². The van der Waals surface area contributed by atoms with Crippen LogP contribution in [-0.2, 0) is 0 Å². The summed E-state index contributed by atoms with van der Waals surface area (Å²) in [4.78, 5) is 19.6. The second-order valence-corrected chi connectivity index (χ2v) is 7.78. The van der Waals surface area contributed by atoms with Gasteiger partial charge in [0.15, 0.2) is 5.82 Å². The van der Waals surface area contributed by atoms with Gasteiger partial charge in [0, 0.05) is 11.7 Å². The highest BCUT2D eigenvalue weighted by atomic mass is 35.5. The van der Waals surface area contributed by atoms with Crippen molar-refractivity contribution in [1.82, 2.24) is 24.8 Å². The fourth-order valence-corrected chi connectivity index (χ4v) is 3.71. The molecule has 1 aliphatic carbocycles. The van der Waals surface area contributed by atoms with E-state index >= 15 is 0 Å². The number of rotatable bonds is 5. The molecule has 4 rings (SSSR count). The molecule has 7 nitrogen and oxygen atoms in total. The first-order valence-electron chi connectivity index (χ1n) is 9.52. The highest BCUT2D eigenvalue weighted by molar-refractivity contribution is 6.31. The van der Waals surface area contributed by atoms with Crippen molar-refractivity contribution in [1.29, 1.82) is 0 Å². The van der Waals surface area contributed by atoms with Gasteiger partial charge in [-0.1, -0.05) is 11.6 Å². The van der Waals surface area contributed by atoms with Crippen molar-refractivity contribution >= 4 is 34.1 Å². The van der Waals surface area contributed by atoms with Crippen LogP contribution in [0, 0.1) is 5.82 Å². The molecule has 0 amide bonds. The number of anilines is 2. The minimum Gasteiger partial charge on any atom is -0.460 e. The molecule has 0 unspecified atom stereocenters. The van der Waals surface area contributed by atoms with E-state index in [2.05, 4.69) is 44.2 Å². The fourth-order valence-electron chi connectivity index (χ4n) is 3.53. The van der Waals surface area contributed by atoms with E-state index < -0.39 is 5.82 Å². The molecule has 0 atom stereocenters. The summed E-state index contributed by atoms with van der Waals surface area (Å²) in [5.74, 6) is -0.00648. The Hall–Kier alpha value is -2.58. The SMILES string of the molecule is CN(C)[C@H]1CC[C@H](Oc2ncc3ncnc(Nc4ccc(F)c(Cl)c4)c3n2)CC1. The maximum Gasteiger partial charge on any atom is 0.317 e. The Labute approximate surface area is 173 Å². The zero-order valence-corrected chi connectivity index (χ0v) is 17.0. The molecule has 1 saturated carbocycles. The molecular weight excluding hydrogens is 395 g/mol. The largest absolute Gasteiger partial charge is 0.460 e.